The highest BCUT2D eigenvalue weighted by molar-refractivity contribution is 7.91. The van der Waals surface area contributed by atoms with Crippen LogP contribution in [0.2, 0.25) is 0 Å². The highest BCUT2D eigenvalue weighted by Gasteiger charge is 2.30. The Labute approximate surface area is 163 Å². The van der Waals surface area contributed by atoms with Crippen LogP contribution < -0.4 is 4.74 Å². The van der Waals surface area contributed by atoms with Crippen molar-refractivity contribution in [2.24, 2.45) is 5.92 Å². The largest absolute Gasteiger partial charge is 0.497 e. The van der Waals surface area contributed by atoms with E-state index in [1.165, 1.54) is 0 Å². The molecular formula is C20H32N2O4S. The van der Waals surface area contributed by atoms with Crippen LogP contribution >= 0.6 is 0 Å². The molecular weight excluding hydrogens is 364 g/mol. The summed E-state index contributed by atoms with van der Waals surface area (Å²) in [5.74, 6) is 1.75. The molecule has 1 aliphatic heterocycles. The van der Waals surface area contributed by atoms with Crippen LogP contribution in [0.1, 0.15) is 32.3 Å². The summed E-state index contributed by atoms with van der Waals surface area (Å²) in [6, 6.07) is 7.80. The summed E-state index contributed by atoms with van der Waals surface area (Å²) in [7, 11) is 0.641. The van der Waals surface area contributed by atoms with Gasteiger partial charge in [-0.05, 0) is 37.1 Å². The zero-order chi connectivity index (χ0) is 20.0. The molecule has 0 N–H and O–H groups in total. The van der Waals surface area contributed by atoms with Crippen molar-refractivity contribution in [3.8, 4) is 5.75 Å². The van der Waals surface area contributed by atoms with E-state index in [4.69, 9.17) is 4.74 Å². The monoisotopic (exact) mass is 396 g/mol. The van der Waals surface area contributed by atoms with Gasteiger partial charge >= 0.3 is 0 Å². The first-order chi connectivity index (χ1) is 12.7. The first kappa shape index (κ1) is 21.7. The van der Waals surface area contributed by atoms with Crippen LogP contribution in [0.5, 0.6) is 5.75 Å². The molecule has 1 atom stereocenters. The number of carbonyl (C=O) groups excluding carboxylic acids is 1. The average molecular weight is 397 g/mol. The van der Waals surface area contributed by atoms with E-state index in [1.807, 2.05) is 41.1 Å². The molecule has 6 nitrogen and oxygen atoms in total. The molecule has 0 aromatic heterocycles. The standard InChI is InChI=1S/C20H32N2O4S/c1-16(2)13-22(14-17-5-7-19(26-4)8-6-17)20(23)9-11-21(3)18-10-12-27(24,25)15-18/h5-8,16,18H,9-15H2,1-4H3/t18-/m1/s1. The molecule has 0 radical (unpaired) electrons. The van der Waals surface area contributed by atoms with Crippen molar-refractivity contribution in [1.29, 1.82) is 0 Å². The van der Waals surface area contributed by atoms with Gasteiger partial charge in [-0.15, -0.1) is 0 Å². The van der Waals surface area contributed by atoms with Gasteiger partial charge in [0.25, 0.3) is 0 Å². The van der Waals surface area contributed by atoms with Crippen molar-refractivity contribution in [1.82, 2.24) is 9.80 Å². The van der Waals surface area contributed by atoms with Gasteiger partial charge in [-0.1, -0.05) is 26.0 Å². The van der Waals surface area contributed by atoms with Gasteiger partial charge in [-0.3, -0.25) is 4.79 Å². The van der Waals surface area contributed by atoms with Crippen molar-refractivity contribution in [2.75, 3.05) is 38.8 Å². The van der Waals surface area contributed by atoms with Crippen molar-refractivity contribution < 1.29 is 17.9 Å². The maximum atomic E-state index is 12.8. The van der Waals surface area contributed by atoms with Gasteiger partial charge in [-0.2, -0.15) is 0 Å². The average Bonchev–Trinajstić information content (AvgIpc) is 2.99. The fourth-order valence-electron chi connectivity index (χ4n) is 3.38. The number of nitrogens with zero attached hydrogens (tertiary/aromatic N) is 2. The van der Waals surface area contributed by atoms with Gasteiger partial charge in [0.15, 0.2) is 9.84 Å². The third kappa shape index (κ3) is 6.81. The van der Waals surface area contributed by atoms with E-state index >= 15 is 0 Å². The topological polar surface area (TPSA) is 66.9 Å². The van der Waals surface area contributed by atoms with E-state index in [2.05, 4.69) is 13.8 Å². The Morgan fingerprint density at radius 2 is 1.93 bits per heavy atom. The lowest BCUT2D eigenvalue weighted by Gasteiger charge is -2.27. The number of ether oxygens (including phenoxy) is 1. The molecule has 0 unspecified atom stereocenters. The van der Waals surface area contributed by atoms with Crippen LogP contribution in [0, 0.1) is 5.92 Å². The van der Waals surface area contributed by atoms with Gasteiger partial charge < -0.3 is 14.5 Å². The van der Waals surface area contributed by atoms with Gasteiger partial charge in [-0.25, -0.2) is 8.42 Å². The molecule has 1 heterocycles. The number of hydrogen-bond acceptors (Lipinski definition) is 5. The quantitative estimate of drug-likeness (QED) is 0.640. The highest BCUT2D eigenvalue weighted by Crippen LogP contribution is 2.18. The predicted molar refractivity (Wildman–Crippen MR) is 108 cm³/mol. The number of hydrogen-bond donors (Lipinski definition) is 0. The second-order valence-electron chi connectivity index (χ2n) is 7.80. The summed E-state index contributed by atoms with van der Waals surface area (Å²) in [5.41, 5.74) is 1.07. The van der Waals surface area contributed by atoms with Gasteiger partial charge in [0.05, 0.1) is 18.6 Å². The summed E-state index contributed by atoms with van der Waals surface area (Å²) in [6.45, 7) is 6.05. The van der Waals surface area contributed by atoms with Crippen molar-refractivity contribution in [2.45, 2.75) is 39.3 Å². The molecule has 1 saturated heterocycles. The lowest BCUT2D eigenvalue weighted by atomic mass is 10.1. The number of methoxy groups -OCH3 is 1. The summed E-state index contributed by atoms with van der Waals surface area (Å²) >= 11 is 0. The Bertz CT molecular complexity index is 716. The molecule has 1 aromatic rings. The molecule has 0 spiro atoms. The third-order valence-corrected chi connectivity index (χ3v) is 6.73. The molecule has 0 bridgehead atoms. The van der Waals surface area contributed by atoms with E-state index in [0.29, 0.717) is 38.4 Å². The number of rotatable bonds is 9. The zero-order valence-electron chi connectivity index (χ0n) is 16.8. The first-order valence-corrected chi connectivity index (χ1v) is 11.3. The molecule has 1 fully saturated rings. The second kappa shape index (κ2) is 9.55. The summed E-state index contributed by atoms with van der Waals surface area (Å²) in [4.78, 5) is 16.7. The number of benzene rings is 1. The second-order valence-corrected chi connectivity index (χ2v) is 10.0. The minimum absolute atomic E-state index is 0.0305. The SMILES string of the molecule is COc1ccc(CN(CC(C)C)C(=O)CCN(C)[C@@H]2CCS(=O)(=O)C2)cc1. The van der Waals surface area contributed by atoms with Crippen LogP contribution in [-0.4, -0.2) is 68.9 Å². The normalized spacial score (nSPS) is 18.8. The number of amides is 1. The fraction of sp³-hybridized carbons (Fsp3) is 0.650. The summed E-state index contributed by atoms with van der Waals surface area (Å²) < 4.78 is 28.5. The molecule has 7 heteroatoms. The van der Waals surface area contributed by atoms with Crippen LogP contribution in [0.3, 0.4) is 0 Å². The lowest BCUT2D eigenvalue weighted by molar-refractivity contribution is -0.132. The molecule has 2 rings (SSSR count). The molecule has 1 amide bonds. The Balaban J connectivity index is 1.93. The van der Waals surface area contributed by atoms with Gasteiger partial charge in [0, 0.05) is 32.1 Å². The Kier molecular flexibility index (Phi) is 7.68. The van der Waals surface area contributed by atoms with E-state index in [0.717, 1.165) is 11.3 Å². The predicted octanol–water partition coefficient (Wildman–Crippen LogP) is 2.19. The third-order valence-electron chi connectivity index (χ3n) is 4.98. The summed E-state index contributed by atoms with van der Waals surface area (Å²) in [6.07, 6.45) is 1.06. The van der Waals surface area contributed by atoms with E-state index < -0.39 is 9.84 Å². The van der Waals surface area contributed by atoms with Crippen molar-refractivity contribution in [3.05, 3.63) is 29.8 Å². The fourth-order valence-corrected chi connectivity index (χ4v) is 5.19. The van der Waals surface area contributed by atoms with E-state index in [9.17, 15) is 13.2 Å². The Morgan fingerprint density at radius 1 is 1.26 bits per heavy atom. The smallest absolute Gasteiger partial charge is 0.224 e. The maximum absolute atomic E-state index is 12.8. The van der Waals surface area contributed by atoms with E-state index in [-0.39, 0.29) is 23.5 Å². The lowest BCUT2D eigenvalue weighted by Crippen LogP contribution is -2.38. The summed E-state index contributed by atoms with van der Waals surface area (Å²) in [5, 5.41) is 0. The molecule has 1 aromatic carbocycles. The molecule has 1 aliphatic rings. The van der Waals surface area contributed by atoms with Gasteiger partial charge in [0.1, 0.15) is 5.75 Å². The maximum Gasteiger partial charge on any atom is 0.224 e. The molecule has 152 valence electrons. The van der Waals surface area contributed by atoms with Crippen LogP contribution in [0.4, 0.5) is 0 Å². The molecule has 27 heavy (non-hydrogen) atoms. The molecule has 0 saturated carbocycles. The van der Waals surface area contributed by atoms with E-state index in [1.54, 1.807) is 7.11 Å². The van der Waals surface area contributed by atoms with Crippen molar-refractivity contribution >= 4 is 15.7 Å². The number of sulfone groups is 1. The minimum Gasteiger partial charge on any atom is -0.497 e. The van der Waals surface area contributed by atoms with Crippen LogP contribution in [0.25, 0.3) is 0 Å². The van der Waals surface area contributed by atoms with Crippen LogP contribution in [0.15, 0.2) is 24.3 Å². The first-order valence-electron chi connectivity index (χ1n) is 9.51. The highest BCUT2D eigenvalue weighted by atomic mass is 32.2. The zero-order valence-corrected chi connectivity index (χ0v) is 17.7. The Hall–Kier alpha value is -1.60. The molecule has 0 aliphatic carbocycles. The Morgan fingerprint density at radius 3 is 2.44 bits per heavy atom. The van der Waals surface area contributed by atoms with Crippen molar-refractivity contribution in [3.63, 3.8) is 0 Å². The minimum atomic E-state index is -2.91. The van der Waals surface area contributed by atoms with Crippen LogP contribution in [-0.2, 0) is 21.2 Å². The van der Waals surface area contributed by atoms with Gasteiger partial charge in [0.2, 0.25) is 5.91 Å². The number of carbonyl (C=O) groups is 1.